The van der Waals surface area contributed by atoms with Crippen LogP contribution in [0, 0.1) is 0 Å². The van der Waals surface area contributed by atoms with Crippen LogP contribution in [0.25, 0.3) is 0 Å². The van der Waals surface area contributed by atoms with E-state index in [0.29, 0.717) is 69.6 Å². The third-order valence-corrected chi connectivity index (χ3v) is 20.8. The van der Waals surface area contributed by atoms with E-state index in [1.165, 1.54) is 6.92 Å². The Morgan fingerprint density at radius 2 is 0.679 bits per heavy atom. The van der Waals surface area contributed by atoms with Crippen LogP contribution in [0.3, 0.4) is 0 Å². The summed E-state index contributed by atoms with van der Waals surface area (Å²) in [7, 11) is 1.56. The smallest absolute Gasteiger partial charge is 0.323 e. The number of ketones is 7. The van der Waals surface area contributed by atoms with Gasteiger partial charge < -0.3 is 157 Å². The van der Waals surface area contributed by atoms with Gasteiger partial charge in [0.15, 0.2) is 47.8 Å². The predicted octanol–water partition coefficient (Wildman–Crippen LogP) is -10.5. The zero-order valence-corrected chi connectivity index (χ0v) is 78.1. The van der Waals surface area contributed by atoms with Crippen LogP contribution in [-0.2, 0) is 148 Å². The average Bonchev–Trinajstić information content (AvgIpc) is 0.771. The van der Waals surface area contributed by atoms with E-state index in [4.69, 9.17) is 33.5 Å². The van der Waals surface area contributed by atoms with Gasteiger partial charge in [-0.15, -0.1) is 0 Å². The highest BCUT2D eigenvalue weighted by Gasteiger charge is 2.54. The maximum Gasteiger partial charge on any atom is 0.323 e. The first-order chi connectivity index (χ1) is 65.9. The van der Waals surface area contributed by atoms with Gasteiger partial charge in [0, 0.05) is 136 Å². The Balaban J connectivity index is 0.00000113. The molecular formula is C84H129N13O43. The van der Waals surface area contributed by atoms with Gasteiger partial charge in [0.2, 0.25) is 76.8 Å². The highest BCUT2D eigenvalue weighted by Crippen LogP contribution is 2.34. The van der Waals surface area contributed by atoms with Crippen molar-refractivity contribution in [1.29, 1.82) is 0 Å². The number of nitrogens with one attached hydrogen (secondary N) is 8. The molecule has 56 nitrogen and oxygen atoms in total. The number of carbonyl (C=O) groups is 25. The Labute approximate surface area is 800 Å². The van der Waals surface area contributed by atoms with Crippen molar-refractivity contribution in [3.05, 3.63) is 0 Å². The van der Waals surface area contributed by atoms with Crippen molar-refractivity contribution >= 4 is 147 Å². The molecule has 5 unspecified atom stereocenters. The highest BCUT2D eigenvalue weighted by atomic mass is 16.8. The lowest BCUT2D eigenvalue weighted by Crippen LogP contribution is -2.68. The molecule has 788 valence electrons. The molecule has 0 aromatic rings. The van der Waals surface area contributed by atoms with Gasteiger partial charge in [-0.25, -0.2) is 0 Å². The number of rotatable bonds is 68. The minimum atomic E-state index is -1.66. The molecule has 0 spiro atoms. The van der Waals surface area contributed by atoms with Crippen LogP contribution in [0.1, 0.15) is 163 Å². The molecule has 140 heavy (non-hydrogen) atoms. The van der Waals surface area contributed by atoms with Crippen LogP contribution < -0.4 is 42.5 Å². The third kappa shape index (κ3) is 50.5. The summed E-state index contributed by atoms with van der Waals surface area (Å²) in [5.74, 6) is -23.0. The minimum Gasteiger partial charge on any atom is -0.480 e. The van der Waals surface area contributed by atoms with E-state index in [1.807, 2.05) is 0 Å². The number of hydrogen-bond donors (Lipinski definition) is 20. The molecule has 3 aliphatic rings. The molecule has 13 amide bonds. The fraction of sp³-hybridized carbons (Fsp3) is 0.702. The molecule has 0 radical (unpaired) electrons. The number of carboxylic acids is 5. The van der Waals surface area contributed by atoms with Crippen LogP contribution in [0.5, 0.6) is 0 Å². The Bertz CT molecular complexity index is 4260. The number of unbranched alkanes of at least 4 members (excludes halogenated alkanes) is 2. The van der Waals surface area contributed by atoms with Gasteiger partial charge in [-0.05, 0) is 39.5 Å². The average molecular weight is 2010 g/mol. The number of nitrogens with zero attached hydrogens (tertiary/aromatic N) is 5. The molecule has 3 aliphatic heterocycles. The lowest BCUT2D eigenvalue weighted by Gasteiger charge is -2.49. The maximum absolute atomic E-state index is 12.9. The van der Waals surface area contributed by atoms with E-state index >= 15 is 0 Å². The molecule has 3 rings (SSSR count). The normalized spacial score (nSPS) is 20.1. The molecule has 0 bridgehead atoms. The zero-order chi connectivity index (χ0) is 106. The SMILES string of the molecule is CCNC(=O)CCC(=O)CNC(=O)CN(CC(=O)O)C(=O)CCC(=O)CNC(=O)CN(CC(=O)O)C(=O)CCC(=O)CNC(=O)CN(CC(=O)O)C(=O)CCC(=O)CNC(=O)CN(CC(=O)O)C(=O)CCC(=O)CNC(=O)CN(CC(=O)O)C(=O)CCC(=O)CC.CNC(=O)CCCCC(=O)CCCCO[C@@H]1OC(CO)[C@H](O)[C@H](O[C@H]2OC(CO)[C@H](O)[C@H](O)C2NC(C)=O)C1O[C@H]1C[C@@H](O)[C@H](O)C(C)O1. The molecule has 20 N–H and O–H groups in total. The van der Waals surface area contributed by atoms with Crippen molar-refractivity contribution in [1.82, 2.24) is 67.0 Å². The second kappa shape index (κ2) is 66.3. The number of Topliss-reactive ketones (excluding diaryl/α,β-unsaturated/α-hetero) is 7. The molecule has 14 atom stereocenters. The third-order valence-electron chi connectivity index (χ3n) is 20.8. The number of aliphatic hydroxyl groups is 7. The van der Waals surface area contributed by atoms with Crippen LogP contribution in [-0.4, -0.2) is 450 Å². The van der Waals surface area contributed by atoms with E-state index in [2.05, 4.69) is 42.5 Å². The summed E-state index contributed by atoms with van der Waals surface area (Å²) in [4.78, 5) is 307. The summed E-state index contributed by atoms with van der Waals surface area (Å²) in [6.45, 7) is -8.24. The number of amides is 13. The molecule has 3 saturated heterocycles. The van der Waals surface area contributed by atoms with Gasteiger partial charge in [0.1, 0.15) is 132 Å². The molecule has 0 aliphatic carbocycles. The van der Waals surface area contributed by atoms with Crippen LogP contribution in [0.15, 0.2) is 0 Å². The monoisotopic (exact) mass is 2010 g/mol. The predicted molar refractivity (Wildman–Crippen MR) is 466 cm³/mol. The van der Waals surface area contributed by atoms with Crippen molar-refractivity contribution in [3.63, 3.8) is 0 Å². The van der Waals surface area contributed by atoms with Crippen LogP contribution in [0.4, 0.5) is 0 Å². The van der Waals surface area contributed by atoms with E-state index in [0.717, 1.165) is 6.92 Å². The van der Waals surface area contributed by atoms with E-state index in [-0.39, 0.29) is 69.0 Å². The number of aliphatic hydroxyl groups excluding tert-OH is 7. The molecule has 56 heteroatoms. The van der Waals surface area contributed by atoms with Crippen molar-refractivity contribution in [2.45, 2.75) is 248 Å². The number of carbonyl (C=O) groups excluding carboxylic acids is 20. The summed E-state index contributed by atoms with van der Waals surface area (Å²) >= 11 is 0. The number of carboxylic acid groups (broad SMARTS) is 5. The van der Waals surface area contributed by atoms with Gasteiger partial charge in [-0.2, -0.15) is 0 Å². The van der Waals surface area contributed by atoms with E-state index in [1.54, 1.807) is 20.9 Å². The Hall–Kier alpha value is -12.4. The largest absolute Gasteiger partial charge is 0.480 e. The Morgan fingerprint density at radius 3 is 1.01 bits per heavy atom. The van der Waals surface area contributed by atoms with Gasteiger partial charge in [-0.3, -0.25) is 120 Å². The molecule has 0 saturated carbocycles. The quantitative estimate of drug-likeness (QED) is 0.0251. The fourth-order valence-electron chi connectivity index (χ4n) is 13.3. The van der Waals surface area contributed by atoms with Crippen molar-refractivity contribution in [2.75, 3.05) is 132 Å². The number of aliphatic carboxylic acids is 5. The summed E-state index contributed by atoms with van der Waals surface area (Å²) in [6.07, 6.45) is -20.8. The Kier molecular flexibility index (Phi) is 58.6. The lowest BCUT2D eigenvalue weighted by atomic mass is 9.95. The molecular weight excluding hydrogens is 1880 g/mol. The summed E-state index contributed by atoms with van der Waals surface area (Å²) < 4.78 is 35.5. The first-order valence-corrected chi connectivity index (χ1v) is 44.6. The molecule has 0 aromatic heterocycles. The second-order valence-corrected chi connectivity index (χ2v) is 32.3. The van der Waals surface area contributed by atoms with Gasteiger partial charge in [0.05, 0.1) is 58.1 Å². The minimum absolute atomic E-state index is 0.0444. The van der Waals surface area contributed by atoms with Gasteiger partial charge in [-0.1, -0.05) is 6.92 Å². The first-order valence-electron chi connectivity index (χ1n) is 44.6. The van der Waals surface area contributed by atoms with Crippen molar-refractivity contribution in [3.8, 4) is 0 Å². The van der Waals surface area contributed by atoms with Crippen LogP contribution in [0.2, 0.25) is 0 Å². The van der Waals surface area contributed by atoms with Gasteiger partial charge >= 0.3 is 29.8 Å². The standard InChI is InChI=1S/C53H75N11O27.C31H54N2O16/c1-3-32(65)6-12-44(77)60(27-49(82)83)22-40(73)56-18-34(67)8-14-46(79)62(29-51(86)87)24-42(75)58-20-36(69)10-16-48(81)64(31-53(90)91)26-43(76)59-21-37(70)9-15-47(80)63(30-52(88)89)25-41(74)57-19-35(68)7-13-45(78)61(28-50(84)85)23-39(72)55-17-33(66)5-11-38(71)54-4-2;1-15-24(40)18(38)12-22(45-15)48-29-28(49-30-23(33-16(2)36)27(43)25(41)19(13-34)46-30)26(42)20(14-35)47-31(29)44-11-7-6-9-17(37)8-4-5-10-21(39)32-3/h3-31H2,1-2H3,(H,54,71)(H,55,72)(H,56,73)(H,57,74)(H,58,75)(H,59,76)(H,82,83)(H,84,85)(H,86,87)(H,88,89)(H,90,91);15,18-20,22-31,34-35,38,40-43H,4-14H2,1-3H3,(H,32,39)(H,33,36)/t;15?,18-,19?,20?,22+,23?,24-,25+,26+,27-,28+,29?,30-,31-/m.1/s1. The summed E-state index contributed by atoms with van der Waals surface area (Å²) in [5, 5.41) is 137. The molecule has 3 fully saturated rings. The lowest BCUT2D eigenvalue weighted by molar-refractivity contribution is -0.375. The van der Waals surface area contributed by atoms with E-state index in [9.17, 15) is 176 Å². The molecule has 3 heterocycles. The molecule has 0 aromatic carbocycles. The van der Waals surface area contributed by atoms with Crippen LogP contribution >= 0.6 is 0 Å². The Morgan fingerprint density at radius 1 is 0.343 bits per heavy atom. The summed E-state index contributed by atoms with van der Waals surface area (Å²) in [5.41, 5.74) is 0. The maximum atomic E-state index is 12.9. The van der Waals surface area contributed by atoms with Crippen molar-refractivity contribution < 1.29 is 210 Å². The first kappa shape index (κ1) is 124. The van der Waals surface area contributed by atoms with Crippen molar-refractivity contribution in [2.24, 2.45) is 0 Å². The highest BCUT2D eigenvalue weighted by molar-refractivity contribution is 5.98. The number of hydrogen-bond acceptors (Lipinski definition) is 38. The second-order valence-electron chi connectivity index (χ2n) is 32.3. The number of ether oxygens (including phenoxy) is 6. The van der Waals surface area contributed by atoms with E-state index < -0.39 is 378 Å². The van der Waals surface area contributed by atoms with Gasteiger partial charge in [0.25, 0.3) is 0 Å². The topological polar surface area (TPSA) is 837 Å². The fourth-order valence-corrected chi connectivity index (χ4v) is 13.3. The summed E-state index contributed by atoms with van der Waals surface area (Å²) in [6, 6.07) is -1.37. The zero-order valence-electron chi connectivity index (χ0n) is 78.1.